The molecule has 0 amide bonds. The molecular formula is C16H17NO6S. The zero-order valence-corrected chi connectivity index (χ0v) is 14.3. The molecule has 1 aromatic rings. The van der Waals surface area contributed by atoms with Crippen molar-refractivity contribution in [1.82, 2.24) is 0 Å². The second-order valence-corrected chi connectivity index (χ2v) is 8.40. The molecule has 7 nitrogen and oxygen atoms in total. The molecule has 24 heavy (non-hydrogen) atoms. The third-order valence-electron chi connectivity index (χ3n) is 4.05. The van der Waals surface area contributed by atoms with Crippen molar-refractivity contribution in [2.45, 2.75) is 31.6 Å². The van der Waals surface area contributed by atoms with Crippen molar-refractivity contribution in [2.75, 3.05) is 6.26 Å². The van der Waals surface area contributed by atoms with Gasteiger partial charge in [0.2, 0.25) is 0 Å². The van der Waals surface area contributed by atoms with E-state index in [-0.39, 0.29) is 17.6 Å². The molecule has 0 atom stereocenters. The van der Waals surface area contributed by atoms with Gasteiger partial charge >= 0.3 is 0 Å². The minimum atomic E-state index is -3.83. The monoisotopic (exact) mass is 351 g/mol. The summed E-state index contributed by atoms with van der Waals surface area (Å²) in [4.78, 5) is 34.6. The smallest absolute Gasteiger partial charge is 0.294 e. The van der Waals surface area contributed by atoms with Gasteiger partial charge in [0, 0.05) is 18.1 Å². The molecule has 8 heteroatoms. The molecule has 0 aromatic heterocycles. The summed E-state index contributed by atoms with van der Waals surface area (Å²) in [6, 6.07) is 3.80. The molecule has 1 saturated carbocycles. The van der Waals surface area contributed by atoms with Crippen LogP contribution in [0.25, 0.3) is 6.08 Å². The number of nitro groups is 1. The first-order chi connectivity index (χ1) is 10.9. The van der Waals surface area contributed by atoms with Gasteiger partial charge in [0.25, 0.3) is 5.69 Å². The van der Waals surface area contributed by atoms with E-state index in [9.17, 15) is 28.1 Å². The maximum atomic E-state index is 12.4. The summed E-state index contributed by atoms with van der Waals surface area (Å²) in [5.74, 6) is -0.781. The number of carbonyl (C=O) groups excluding carboxylic acids is 2. The van der Waals surface area contributed by atoms with E-state index in [0.29, 0.717) is 6.42 Å². The molecule has 128 valence electrons. The Bertz CT molecular complexity index is 880. The molecule has 0 N–H and O–H groups in total. The number of rotatable bonds is 3. The fraction of sp³-hybridized carbons (Fsp3) is 0.375. The van der Waals surface area contributed by atoms with Gasteiger partial charge in [0.1, 0.15) is 4.90 Å². The van der Waals surface area contributed by atoms with Gasteiger partial charge in [-0.1, -0.05) is 19.9 Å². The third-order valence-corrected chi connectivity index (χ3v) is 5.18. The van der Waals surface area contributed by atoms with Crippen LogP contribution in [-0.4, -0.2) is 31.2 Å². The normalized spacial score (nSPS) is 19.5. The van der Waals surface area contributed by atoms with E-state index >= 15 is 0 Å². The molecule has 0 unspecified atom stereocenters. The lowest BCUT2D eigenvalue weighted by atomic mass is 9.73. The lowest BCUT2D eigenvalue weighted by molar-refractivity contribution is -0.388. The molecule has 1 aliphatic carbocycles. The highest BCUT2D eigenvalue weighted by Crippen LogP contribution is 2.36. The Kier molecular flexibility index (Phi) is 4.45. The van der Waals surface area contributed by atoms with Crippen molar-refractivity contribution >= 4 is 33.2 Å². The van der Waals surface area contributed by atoms with Crippen molar-refractivity contribution in [3.63, 3.8) is 0 Å². The first-order valence-electron chi connectivity index (χ1n) is 7.22. The van der Waals surface area contributed by atoms with Crippen molar-refractivity contribution in [2.24, 2.45) is 5.41 Å². The molecule has 0 heterocycles. The van der Waals surface area contributed by atoms with Gasteiger partial charge in [0.05, 0.1) is 16.1 Å². The number of sulfone groups is 1. The van der Waals surface area contributed by atoms with Gasteiger partial charge in [-0.05, 0) is 24.6 Å². The fourth-order valence-electron chi connectivity index (χ4n) is 2.62. The van der Waals surface area contributed by atoms with Crippen molar-refractivity contribution < 1.29 is 22.9 Å². The van der Waals surface area contributed by atoms with Crippen LogP contribution < -0.4 is 0 Å². The number of allylic oxidation sites excluding steroid dienone is 1. The highest BCUT2D eigenvalue weighted by Gasteiger charge is 2.38. The Morgan fingerprint density at radius 3 is 2.42 bits per heavy atom. The molecule has 1 aliphatic rings. The van der Waals surface area contributed by atoms with Gasteiger partial charge in [-0.3, -0.25) is 19.7 Å². The van der Waals surface area contributed by atoms with Crippen LogP contribution in [0.5, 0.6) is 0 Å². The number of hydrogen-bond donors (Lipinski definition) is 0. The summed E-state index contributed by atoms with van der Waals surface area (Å²) in [6.07, 6.45) is 2.59. The average Bonchev–Trinajstić information content (AvgIpc) is 2.46. The minimum absolute atomic E-state index is 0.0719. The molecule has 0 radical (unpaired) electrons. The number of benzene rings is 1. The van der Waals surface area contributed by atoms with Gasteiger partial charge in [-0.15, -0.1) is 0 Å². The molecule has 1 fully saturated rings. The average molecular weight is 351 g/mol. The van der Waals surface area contributed by atoms with Crippen LogP contribution in [0.15, 0.2) is 28.7 Å². The lowest BCUT2D eigenvalue weighted by Gasteiger charge is -2.28. The zero-order chi connectivity index (χ0) is 18.3. The topological polar surface area (TPSA) is 111 Å². The van der Waals surface area contributed by atoms with E-state index in [0.717, 1.165) is 18.4 Å². The Labute approximate surface area is 139 Å². The molecule has 1 aromatic carbocycles. The summed E-state index contributed by atoms with van der Waals surface area (Å²) in [5, 5.41) is 11.4. The Morgan fingerprint density at radius 1 is 1.25 bits per heavy atom. The van der Waals surface area contributed by atoms with Crippen LogP contribution in [0.1, 0.15) is 32.3 Å². The van der Waals surface area contributed by atoms with Crippen LogP contribution >= 0.6 is 0 Å². The summed E-state index contributed by atoms with van der Waals surface area (Å²) in [5.41, 5.74) is -1.56. The second kappa shape index (κ2) is 5.94. The zero-order valence-electron chi connectivity index (χ0n) is 13.5. The largest absolute Gasteiger partial charge is 0.295 e. The van der Waals surface area contributed by atoms with Crippen LogP contribution in [-0.2, 0) is 19.4 Å². The Balaban J connectivity index is 2.71. The highest BCUT2D eigenvalue weighted by atomic mass is 32.2. The number of nitrogens with zero attached hydrogens (tertiary/aromatic N) is 1. The summed E-state index contributed by atoms with van der Waals surface area (Å²) in [6.45, 7) is 3.41. The van der Waals surface area contributed by atoms with Gasteiger partial charge in [-0.25, -0.2) is 8.42 Å². The van der Waals surface area contributed by atoms with Gasteiger partial charge in [0.15, 0.2) is 21.4 Å². The molecule has 0 spiro atoms. The predicted octanol–water partition coefficient (Wildman–Crippen LogP) is 2.34. The van der Waals surface area contributed by atoms with Crippen LogP contribution in [0, 0.1) is 15.5 Å². The predicted molar refractivity (Wildman–Crippen MR) is 87.2 cm³/mol. The number of nitro benzene ring substituents is 1. The number of para-hydroxylation sites is 1. The van der Waals surface area contributed by atoms with E-state index in [4.69, 9.17) is 0 Å². The Morgan fingerprint density at radius 2 is 1.88 bits per heavy atom. The quantitative estimate of drug-likeness (QED) is 0.358. The third kappa shape index (κ3) is 3.28. The van der Waals surface area contributed by atoms with E-state index < -0.39 is 42.3 Å². The summed E-state index contributed by atoms with van der Waals surface area (Å²) >= 11 is 0. The molecule has 2 rings (SSSR count). The highest BCUT2D eigenvalue weighted by molar-refractivity contribution is 7.90. The van der Waals surface area contributed by atoms with E-state index in [1.807, 2.05) is 0 Å². The second-order valence-electron chi connectivity index (χ2n) is 6.42. The molecule has 0 bridgehead atoms. The van der Waals surface area contributed by atoms with Crippen LogP contribution in [0.3, 0.4) is 0 Å². The van der Waals surface area contributed by atoms with Gasteiger partial charge < -0.3 is 0 Å². The van der Waals surface area contributed by atoms with Crippen molar-refractivity contribution in [1.29, 1.82) is 0 Å². The maximum absolute atomic E-state index is 12.4. The van der Waals surface area contributed by atoms with Gasteiger partial charge in [-0.2, -0.15) is 0 Å². The number of carbonyl (C=O) groups is 2. The first kappa shape index (κ1) is 18.0. The van der Waals surface area contributed by atoms with E-state index in [1.165, 1.54) is 12.1 Å². The minimum Gasteiger partial charge on any atom is -0.294 e. The molecule has 0 aliphatic heterocycles. The maximum Gasteiger partial charge on any atom is 0.295 e. The molecular weight excluding hydrogens is 334 g/mol. The van der Waals surface area contributed by atoms with Crippen LogP contribution in [0.4, 0.5) is 5.69 Å². The number of Topliss-reactive ketones (excluding diaryl/α,β-unsaturated/α-hetero) is 2. The van der Waals surface area contributed by atoms with Crippen LogP contribution in [0.2, 0.25) is 0 Å². The number of hydrogen-bond acceptors (Lipinski definition) is 6. The van der Waals surface area contributed by atoms with Crippen molar-refractivity contribution in [3.8, 4) is 0 Å². The summed E-state index contributed by atoms with van der Waals surface area (Å²) in [7, 11) is -3.83. The summed E-state index contributed by atoms with van der Waals surface area (Å²) < 4.78 is 23.6. The Hall–Kier alpha value is -2.35. The SMILES string of the molecule is CC1(C)CCC(=O)C(=Cc2cccc(S(C)(=O)=O)c2[N+](=O)[O-])C1=O. The van der Waals surface area contributed by atoms with E-state index in [1.54, 1.807) is 13.8 Å². The van der Waals surface area contributed by atoms with Crippen molar-refractivity contribution in [3.05, 3.63) is 39.4 Å². The first-order valence-corrected chi connectivity index (χ1v) is 9.11. The fourth-order valence-corrected chi connectivity index (χ4v) is 3.49. The molecule has 0 saturated heterocycles. The lowest BCUT2D eigenvalue weighted by Crippen LogP contribution is -2.34. The standard InChI is InChI=1S/C16H17NO6S/c1-16(2)8-7-12(18)11(15(16)19)9-10-5-4-6-13(24(3,22)23)14(10)17(20)21/h4-6,9H,7-8H2,1-3H3. The number of ketones is 2. The van der Waals surface area contributed by atoms with E-state index in [2.05, 4.69) is 0 Å².